The van der Waals surface area contributed by atoms with E-state index in [0.717, 1.165) is 31.6 Å². The number of fused-ring (bicyclic) bond motifs is 1. The summed E-state index contributed by atoms with van der Waals surface area (Å²) in [5.41, 5.74) is 3.26. The number of hydrogen-bond acceptors (Lipinski definition) is 3. The number of amides is 1. The van der Waals surface area contributed by atoms with Crippen molar-refractivity contribution in [1.82, 2.24) is 20.4 Å². The van der Waals surface area contributed by atoms with Gasteiger partial charge in [-0.1, -0.05) is 6.07 Å². The van der Waals surface area contributed by atoms with Gasteiger partial charge in [0, 0.05) is 44.1 Å². The van der Waals surface area contributed by atoms with E-state index in [-0.39, 0.29) is 5.91 Å². The van der Waals surface area contributed by atoms with Crippen LogP contribution in [-0.4, -0.2) is 22.2 Å². The van der Waals surface area contributed by atoms with Crippen LogP contribution in [-0.2, 0) is 19.6 Å². The van der Waals surface area contributed by atoms with Gasteiger partial charge in [0.15, 0.2) is 0 Å². The summed E-state index contributed by atoms with van der Waals surface area (Å²) < 4.78 is 1.87. The molecule has 1 aromatic heterocycles. The van der Waals surface area contributed by atoms with E-state index in [1.807, 2.05) is 35.1 Å². The third-order valence-electron chi connectivity index (χ3n) is 3.51. The van der Waals surface area contributed by atoms with Gasteiger partial charge in [-0.05, 0) is 35.7 Å². The molecule has 2 N–H and O–H groups in total. The second-order valence-corrected chi connectivity index (χ2v) is 4.97. The van der Waals surface area contributed by atoms with Crippen molar-refractivity contribution in [1.29, 1.82) is 0 Å². The van der Waals surface area contributed by atoms with Crippen LogP contribution in [0.2, 0.25) is 0 Å². The van der Waals surface area contributed by atoms with Crippen LogP contribution in [0.3, 0.4) is 0 Å². The summed E-state index contributed by atoms with van der Waals surface area (Å²) in [6.07, 6.45) is 4.56. The summed E-state index contributed by atoms with van der Waals surface area (Å²) in [5.74, 6) is 0.000153. The molecule has 0 unspecified atom stereocenters. The molecule has 1 aromatic carbocycles. The smallest absolute Gasteiger partial charge is 0.251 e. The lowest BCUT2D eigenvalue weighted by atomic mass is 10.1. The molecule has 1 aliphatic rings. The number of rotatable bonds is 5. The molecule has 104 valence electrons. The highest BCUT2D eigenvalue weighted by molar-refractivity contribution is 5.94. The highest BCUT2D eigenvalue weighted by Crippen LogP contribution is 2.16. The normalized spacial score (nSPS) is 13.2. The number of aromatic nitrogens is 2. The first-order valence-corrected chi connectivity index (χ1v) is 6.91. The zero-order chi connectivity index (χ0) is 13.8. The van der Waals surface area contributed by atoms with Crippen molar-refractivity contribution < 1.29 is 4.79 Å². The van der Waals surface area contributed by atoms with E-state index in [1.165, 1.54) is 11.1 Å². The van der Waals surface area contributed by atoms with Crippen LogP contribution in [0, 0.1) is 0 Å². The molecule has 0 saturated carbocycles. The molecule has 0 bridgehead atoms. The highest BCUT2D eigenvalue weighted by Gasteiger charge is 2.12. The lowest BCUT2D eigenvalue weighted by Crippen LogP contribution is -2.25. The Morgan fingerprint density at radius 3 is 3.10 bits per heavy atom. The summed E-state index contributed by atoms with van der Waals surface area (Å²) in [6, 6.07) is 7.82. The van der Waals surface area contributed by atoms with Gasteiger partial charge in [-0.3, -0.25) is 9.48 Å². The minimum atomic E-state index is 0.000153. The number of carbonyl (C=O) groups is 1. The Kier molecular flexibility index (Phi) is 3.78. The Hall–Kier alpha value is -2.14. The van der Waals surface area contributed by atoms with Gasteiger partial charge >= 0.3 is 0 Å². The molecule has 5 nitrogen and oxygen atoms in total. The van der Waals surface area contributed by atoms with Gasteiger partial charge < -0.3 is 10.6 Å². The maximum atomic E-state index is 12.1. The largest absolute Gasteiger partial charge is 0.352 e. The van der Waals surface area contributed by atoms with Crippen molar-refractivity contribution in [2.75, 3.05) is 6.54 Å². The summed E-state index contributed by atoms with van der Waals surface area (Å²) >= 11 is 0. The molecule has 0 fully saturated rings. The lowest BCUT2D eigenvalue weighted by molar-refractivity contribution is 0.0952. The fourth-order valence-electron chi connectivity index (χ4n) is 2.41. The number of carbonyl (C=O) groups excluding carboxylic acids is 1. The van der Waals surface area contributed by atoms with Crippen LogP contribution in [0.1, 0.15) is 27.9 Å². The second kappa shape index (κ2) is 5.88. The van der Waals surface area contributed by atoms with Crippen LogP contribution >= 0.6 is 0 Å². The predicted molar refractivity (Wildman–Crippen MR) is 76.2 cm³/mol. The summed E-state index contributed by atoms with van der Waals surface area (Å²) in [6.45, 7) is 3.24. The zero-order valence-corrected chi connectivity index (χ0v) is 11.3. The van der Waals surface area contributed by atoms with Crippen molar-refractivity contribution >= 4 is 5.91 Å². The maximum absolute atomic E-state index is 12.1. The highest BCUT2D eigenvalue weighted by atomic mass is 16.1. The fraction of sp³-hybridized carbons (Fsp3) is 0.333. The van der Waals surface area contributed by atoms with E-state index < -0.39 is 0 Å². The Labute approximate surface area is 118 Å². The quantitative estimate of drug-likeness (QED) is 0.805. The fourth-order valence-corrected chi connectivity index (χ4v) is 2.41. The molecule has 1 aliphatic heterocycles. The number of nitrogens with one attached hydrogen (secondary N) is 2. The Balaban J connectivity index is 1.49. The molecule has 0 atom stereocenters. The first-order chi connectivity index (χ1) is 9.83. The van der Waals surface area contributed by atoms with Crippen molar-refractivity contribution in [3.63, 3.8) is 0 Å². The monoisotopic (exact) mass is 270 g/mol. The molecule has 0 spiro atoms. The molecule has 0 saturated heterocycles. The van der Waals surface area contributed by atoms with Gasteiger partial charge in [-0.2, -0.15) is 5.10 Å². The van der Waals surface area contributed by atoms with Crippen LogP contribution in [0.25, 0.3) is 0 Å². The van der Waals surface area contributed by atoms with Crippen LogP contribution in [0.15, 0.2) is 36.7 Å². The van der Waals surface area contributed by atoms with Crippen molar-refractivity contribution in [3.8, 4) is 0 Å². The standard InChI is InChI=1S/C15H18N4O/c20-15(17-5-1-7-19-8-2-6-18-19)12-3-4-13-10-16-11-14(13)9-12/h2-4,6,8-9,16H,1,5,7,10-11H2,(H,17,20). The molecule has 3 rings (SSSR count). The molecule has 5 heteroatoms. The van der Waals surface area contributed by atoms with Crippen molar-refractivity contribution in [3.05, 3.63) is 53.3 Å². The molecular formula is C15H18N4O. The average molecular weight is 270 g/mol. The summed E-state index contributed by atoms with van der Waals surface area (Å²) in [7, 11) is 0. The third-order valence-corrected chi connectivity index (χ3v) is 3.51. The average Bonchev–Trinajstić information content (AvgIpc) is 3.13. The van der Waals surface area contributed by atoms with Crippen molar-refractivity contribution in [2.45, 2.75) is 26.1 Å². The number of aryl methyl sites for hydroxylation is 1. The van der Waals surface area contributed by atoms with E-state index in [1.54, 1.807) is 6.20 Å². The number of nitrogens with zero attached hydrogens (tertiary/aromatic N) is 2. The van der Waals surface area contributed by atoms with Gasteiger partial charge in [0.2, 0.25) is 0 Å². The first-order valence-electron chi connectivity index (χ1n) is 6.91. The lowest BCUT2D eigenvalue weighted by Gasteiger charge is -2.07. The molecule has 0 aliphatic carbocycles. The van der Waals surface area contributed by atoms with E-state index in [4.69, 9.17) is 0 Å². The maximum Gasteiger partial charge on any atom is 0.251 e. The Morgan fingerprint density at radius 1 is 1.35 bits per heavy atom. The molecular weight excluding hydrogens is 252 g/mol. The van der Waals surface area contributed by atoms with Gasteiger partial charge in [0.25, 0.3) is 5.91 Å². The summed E-state index contributed by atoms with van der Waals surface area (Å²) in [5, 5.41) is 10.4. The predicted octanol–water partition coefficient (Wildman–Crippen LogP) is 1.31. The van der Waals surface area contributed by atoms with E-state index in [2.05, 4.69) is 15.7 Å². The first kappa shape index (κ1) is 12.9. The number of hydrogen-bond donors (Lipinski definition) is 2. The van der Waals surface area contributed by atoms with Crippen molar-refractivity contribution in [2.24, 2.45) is 0 Å². The second-order valence-electron chi connectivity index (χ2n) is 4.97. The molecule has 20 heavy (non-hydrogen) atoms. The van der Waals surface area contributed by atoms with Crippen LogP contribution in [0.5, 0.6) is 0 Å². The topological polar surface area (TPSA) is 59.0 Å². The molecule has 1 amide bonds. The van der Waals surface area contributed by atoms with Crippen LogP contribution in [0.4, 0.5) is 0 Å². The van der Waals surface area contributed by atoms with E-state index in [0.29, 0.717) is 6.54 Å². The van der Waals surface area contributed by atoms with Gasteiger partial charge in [0.05, 0.1) is 0 Å². The zero-order valence-electron chi connectivity index (χ0n) is 11.3. The molecule has 0 radical (unpaired) electrons. The third kappa shape index (κ3) is 2.88. The van der Waals surface area contributed by atoms with Gasteiger partial charge in [-0.15, -0.1) is 0 Å². The molecule has 2 heterocycles. The minimum Gasteiger partial charge on any atom is -0.352 e. The van der Waals surface area contributed by atoms with Gasteiger partial charge in [0.1, 0.15) is 0 Å². The summed E-state index contributed by atoms with van der Waals surface area (Å²) in [4.78, 5) is 12.1. The van der Waals surface area contributed by atoms with Crippen LogP contribution < -0.4 is 10.6 Å². The SMILES string of the molecule is O=C(NCCCn1cccn1)c1ccc2c(c1)CNC2. The minimum absolute atomic E-state index is 0.000153. The Bertz CT molecular complexity index is 592. The van der Waals surface area contributed by atoms with E-state index >= 15 is 0 Å². The molecule has 2 aromatic rings. The Morgan fingerprint density at radius 2 is 2.25 bits per heavy atom. The van der Waals surface area contributed by atoms with E-state index in [9.17, 15) is 4.79 Å². The number of benzene rings is 1. The van der Waals surface area contributed by atoms with Gasteiger partial charge in [-0.25, -0.2) is 0 Å².